The van der Waals surface area contributed by atoms with Gasteiger partial charge < -0.3 is 24.8 Å². The molecule has 0 radical (unpaired) electrons. The summed E-state index contributed by atoms with van der Waals surface area (Å²) in [6.07, 6.45) is 0. The number of benzene rings is 1. The predicted octanol–water partition coefficient (Wildman–Crippen LogP) is 2.36. The van der Waals surface area contributed by atoms with E-state index >= 15 is 0 Å². The Bertz CT molecular complexity index is 779. The lowest BCUT2D eigenvalue weighted by Gasteiger charge is -2.34. The maximum Gasteiger partial charge on any atom is 0.344 e. The molecule has 9 heteroatoms. The number of Topliss-reactive ketones (excluding diaryl/α,β-unsaturated/α-hetero) is 1. The Morgan fingerprint density at radius 1 is 1.33 bits per heavy atom. The quantitative estimate of drug-likeness (QED) is 0.686. The minimum Gasteiger partial charge on any atom is -0.493 e. The smallest absolute Gasteiger partial charge is 0.344 e. The van der Waals surface area contributed by atoms with Gasteiger partial charge in [-0.05, 0) is 19.9 Å². The predicted molar refractivity (Wildman–Crippen MR) is 97.9 cm³/mol. The average Bonchev–Trinajstić information content (AvgIpc) is 2.58. The van der Waals surface area contributed by atoms with Crippen LogP contribution in [0.25, 0.3) is 0 Å². The lowest BCUT2D eigenvalue weighted by molar-refractivity contribution is -0.145. The number of methoxy groups -OCH3 is 1. The molecule has 2 amide bonds. The molecule has 146 valence electrons. The van der Waals surface area contributed by atoms with Crippen molar-refractivity contribution in [3.63, 3.8) is 0 Å². The SMILES string of the molecule is C=C1NC(=O)N[C@@H](c2cc(Cl)cc(OC)c2OCC(=O)OCC)[C@@H]1C(C)=O. The number of ether oxygens (including phenoxy) is 3. The number of urea groups is 1. The zero-order valence-corrected chi connectivity index (χ0v) is 16.0. The maximum absolute atomic E-state index is 12.2. The minimum absolute atomic E-state index is 0.182. The summed E-state index contributed by atoms with van der Waals surface area (Å²) in [7, 11) is 1.41. The first-order valence-corrected chi connectivity index (χ1v) is 8.58. The Kier molecular flexibility index (Phi) is 6.68. The molecule has 0 spiro atoms. The molecule has 8 nitrogen and oxygen atoms in total. The number of esters is 1. The summed E-state index contributed by atoms with van der Waals surface area (Å²) < 4.78 is 15.8. The molecule has 1 aliphatic rings. The van der Waals surface area contributed by atoms with Crippen LogP contribution in [-0.2, 0) is 14.3 Å². The van der Waals surface area contributed by atoms with Gasteiger partial charge in [0.05, 0.1) is 25.7 Å². The number of nitrogens with one attached hydrogen (secondary N) is 2. The van der Waals surface area contributed by atoms with Gasteiger partial charge in [0.2, 0.25) is 0 Å². The normalized spacial score (nSPS) is 19.0. The molecule has 0 saturated carbocycles. The van der Waals surface area contributed by atoms with E-state index in [9.17, 15) is 14.4 Å². The van der Waals surface area contributed by atoms with E-state index in [2.05, 4.69) is 17.2 Å². The highest BCUT2D eigenvalue weighted by molar-refractivity contribution is 6.30. The van der Waals surface area contributed by atoms with Gasteiger partial charge >= 0.3 is 12.0 Å². The maximum atomic E-state index is 12.2. The minimum atomic E-state index is -0.798. The number of hydrogen-bond acceptors (Lipinski definition) is 6. The summed E-state index contributed by atoms with van der Waals surface area (Å²) in [5.74, 6) is -1.10. The summed E-state index contributed by atoms with van der Waals surface area (Å²) in [6.45, 7) is 6.68. The van der Waals surface area contributed by atoms with Gasteiger partial charge in [0.1, 0.15) is 5.78 Å². The molecule has 2 rings (SSSR count). The summed E-state index contributed by atoms with van der Waals surface area (Å²) in [5, 5.41) is 5.49. The van der Waals surface area contributed by atoms with Gasteiger partial charge in [0.15, 0.2) is 18.1 Å². The van der Waals surface area contributed by atoms with Gasteiger partial charge in [-0.1, -0.05) is 18.2 Å². The van der Waals surface area contributed by atoms with Crippen molar-refractivity contribution >= 4 is 29.4 Å². The van der Waals surface area contributed by atoms with E-state index in [0.29, 0.717) is 10.6 Å². The van der Waals surface area contributed by atoms with Crippen LogP contribution in [0.3, 0.4) is 0 Å². The summed E-state index contributed by atoms with van der Waals surface area (Å²) >= 11 is 6.17. The van der Waals surface area contributed by atoms with E-state index in [1.807, 2.05) is 0 Å². The molecule has 1 heterocycles. The first-order chi connectivity index (χ1) is 12.8. The van der Waals surface area contributed by atoms with Gasteiger partial charge in [-0.25, -0.2) is 9.59 Å². The standard InChI is InChI=1S/C18H21ClN2O6/c1-5-26-14(23)8-27-17-12(6-11(19)7-13(17)25-4)16-15(10(3)22)9(2)20-18(24)21-16/h6-7,15-16H,2,5,8H2,1,3-4H3,(H2,20,21,24)/t15-,16-/m0/s1. The van der Waals surface area contributed by atoms with E-state index in [1.165, 1.54) is 20.1 Å². The molecular formula is C18H21ClN2O6. The Hall–Kier alpha value is -2.74. The van der Waals surface area contributed by atoms with Crippen LogP contribution >= 0.6 is 11.6 Å². The molecule has 1 aliphatic heterocycles. The highest BCUT2D eigenvalue weighted by Crippen LogP contribution is 2.42. The number of rotatable bonds is 7. The van der Waals surface area contributed by atoms with Crippen molar-refractivity contribution in [1.29, 1.82) is 0 Å². The van der Waals surface area contributed by atoms with Crippen molar-refractivity contribution in [2.24, 2.45) is 5.92 Å². The molecule has 0 aliphatic carbocycles. The molecule has 0 unspecified atom stereocenters. The van der Waals surface area contributed by atoms with Crippen LogP contribution < -0.4 is 20.1 Å². The third-order valence-corrected chi connectivity index (χ3v) is 4.17. The average molecular weight is 397 g/mol. The third-order valence-electron chi connectivity index (χ3n) is 3.95. The van der Waals surface area contributed by atoms with Crippen LogP contribution in [-0.4, -0.2) is 38.1 Å². The molecule has 1 aromatic carbocycles. The van der Waals surface area contributed by atoms with Crippen molar-refractivity contribution < 1.29 is 28.6 Å². The molecule has 0 aromatic heterocycles. The first-order valence-electron chi connectivity index (χ1n) is 8.21. The Morgan fingerprint density at radius 3 is 2.63 bits per heavy atom. The zero-order chi connectivity index (χ0) is 20.1. The molecule has 0 bridgehead atoms. The second kappa shape index (κ2) is 8.77. The lowest BCUT2D eigenvalue weighted by Crippen LogP contribution is -2.50. The van der Waals surface area contributed by atoms with E-state index in [0.717, 1.165) is 0 Å². The molecule has 1 aromatic rings. The first kappa shape index (κ1) is 20.6. The largest absolute Gasteiger partial charge is 0.493 e. The van der Waals surface area contributed by atoms with Crippen molar-refractivity contribution in [3.8, 4) is 11.5 Å². The number of ketones is 1. The van der Waals surface area contributed by atoms with E-state index < -0.39 is 24.0 Å². The van der Waals surface area contributed by atoms with E-state index in [-0.39, 0.29) is 36.2 Å². The van der Waals surface area contributed by atoms with Crippen LogP contribution in [0.15, 0.2) is 24.4 Å². The Morgan fingerprint density at radius 2 is 2.04 bits per heavy atom. The molecule has 2 atom stereocenters. The second-order valence-corrected chi connectivity index (χ2v) is 6.25. The monoisotopic (exact) mass is 396 g/mol. The highest BCUT2D eigenvalue weighted by atomic mass is 35.5. The third kappa shape index (κ3) is 4.71. The lowest BCUT2D eigenvalue weighted by atomic mass is 9.85. The fraction of sp³-hybridized carbons (Fsp3) is 0.389. The van der Waals surface area contributed by atoms with Crippen molar-refractivity contribution in [3.05, 3.63) is 35.0 Å². The van der Waals surface area contributed by atoms with Crippen LogP contribution in [0.4, 0.5) is 4.79 Å². The van der Waals surface area contributed by atoms with Gasteiger partial charge in [-0.15, -0.1) is 0 Å². The number of carbonyl (C=O) groups is 3. The van der Waals surface area contributed by atoms with Crippen LogP contribution in [0.1, 0.15) is 25.5 Å². The van der Waals surface area contributed by atoms with Gasteiger partial charge in [-0.2, -0.15) is 0 Å². The topological polar surface area (TPSA) is 103 Å². The van der Waals surface area contributed by atoms with Crippen molar-refractivity contribution in [2.45, 2.75) is 19.9 Å². The van der Waals surface area contributed by atoms with E-state index in [1.54, 1.807) is 13.0 Å². The molecule has 1 saturated heterocycles. The number of hydrogen-bond donors (Lipinski definition) is 2. The molecule has 2 N–H and O–H groups in total. The summed E-state index contributed by atoms with van der Waals surface area (Å²) in [6, 6.07) is 1.74. The Labute approximate surface area is 161 Å². The number of carbonyl (C=O) groups excluding carboxylic acids is 3. The van der Waals surface area contributed by atoms with Crippen LogP contribution in [0, 0.1) is 5.92 Å². The fourth-order valence-electron chi connectivity index (χ4n) is 2.88. The summed E-state index contributed by atoms with van der Waals surface area (Å²) in [5.41, 5.74) is 0.645. The fourth-order valence-corrected chi connectivity index (χ4v) is 3.10. The van der Waals surface area contributed by atoms with Crippen molar-refractivity contribution in [2.75, 3.05) is 20.3 Å². The Balaban J connectivity index is 2.50. The number of halogens is 1. The number of amides is 2. The van der Waals surface area contributed by atoms with Crippen LogP contribution in [0.2, 0.25) is 5.02 Å². The van der Waals surface area contributed by atoms with Gasteiger partial charge in [0.25, 0.3) is 0 Å². The van der Waals surface area contributed by atoms with E-state index in [4.69, 9.17) is 25.8 Å². The van der Waals surface area contributed by atoms with Crippen molar-refractivity contribution in [1.82, 2.24) is 10.6 Å². The second-order valence-electron chi connectivity index (χ2n) is 5.81. The van der Waals surface area contributed by atoms with Crippen LogP contribution in [0.5, 0.6) is 11.5 Å². The summed E-state index contributed by atoms with van der Waals surface area (Å²) in [4.78, 5) is 35.8. The molecule has 27 heavy (non-hydrogen) atoms. The van der Waals surface area contributed by atoms with Gasteiger partial charge in [-0.3, -0.25) is 4.79 Å². The highest BCUT2D eigenvalue weighted by Gasteiger charge is 2.38. The molecular weight excluding hydrogens is 376 g/mol. The zero-order valence-electron chi connectivity index (χ0n) is 15.3. The van der Waals surface area contributed by atoms with Gasteiger partial charge in [0, 0.05) is 22.3 Å². The molecule has 1 fully saturated rings.